The van der Waals surface area contributed by atoms with Crippen molar-refractivity contribution in [2.24, 2.45) is 0 Å². The number of alkyl halides is 30. The van der Waals surface area contributed by atoms with Crippen molar-refractivity contribution >= 4 is 17.9 Å². The van der Waals surface area contributed by atoms with E-state index in [1.54, 1.807) is 6.07 Å². The van der Waals surface area contributed by atoms with E-state index in [-0.39, 0.29) is 104 Å². The molecule has 0 aromatic heterocycles. The fraction of sp³-hybridized carbons (Fsp3) is 0.526. The highest BCUT2D eigenvalue weighted by Crippen LogP contribution is 2.65. The zero-order valence-corrected chi connectivity index (χ0v) is 47.7. The third kappa shape index (κ3) is 17.0. The van der Waals surface area contributed by atoms with Gasteiger partial charge in [0.1, 0.15) is 17.2 Å². The molecule has 0 N–H and O–H groups in total. The van der Waals surface area contributed by atoms with Crippen molar-refractivity contribution in [3.63, 3.8) is 0 Å². The standard InChI is InChI=1S/C57H48F30O8/c58-44(59,46(62,63)48(66,67)50(70,71)52(74,75)54(78,79)56(82,83)84)28-12-5-1-3-7-14-30-91-36-22-18-34(19-23-36)41(88)93-38-26-27-39(40(32-38)95-42(89)33-16-10-9-11-17-33)94-43(90)35-20-24-37(25-21-35)92-31-15-8-4-2-6-13-29-45(60,61)47(64,65)49(68,69)51(72,73)53(76,77)55(80,81)57(85,86)87/h9-11,16-27,32H,1-8,12-15,28-31H2. The van der Waals surface area contributed by atoms with Crippen LogP contribution < -0.4 is 23.7 Å². The summed E-state index contributed by atoms with van der Waals surface area (Å²) in [6, 6.07) is 20.6. The van der Waals surface area contributed by atoms with Gasteiger partial charge in [-0.25, -0.2) is 14.4 Å². The van der Waals surface area contributed by atoms with Gasteiger partial charge >= 0.3 is 101 Å². The van der Waals surface area contributed by atoms with E-state index in [1.165, 1.54) is 72.8 Å². The van der Waals surface area contributed by atoms with Crippen LogP contribution in [0.4, 0.5) is 132 Å². The Kier molecular flexibility index (Phi) is 25.0. The first-order valence-electron chi connectivity index (χ1n) is 27.2. The average molecular weight is 1430 g/mol. The number of carbonyl (C=O) groups is 3. The van der Waals surface area contributed by atoms with Crippen LogP contribution in [0, 0.1) is 0 Å². The number of benzene rings is 4. The molecule has 0 saturated heterocycles. The Hall–Kier alpha value is -7.21. The minimum atomic E-state index is -8.36. The van der Waals surface area contributed by atoms with Gasteiger partial charge in [0.15, 0.2) is 11.5 Å². The van der Waals surface area contributed by atoms with Crippen LogP contribution in [0.5, 0.6) is 28.7 Å². The lowest BCUT2D eigenvalue weighted by atomic mass is 9.89. The number of carbonyl (C=O) groups excluding carboxylic acids is 3. The number of esters is 3. The zero-order valence-electron chi connectivity index (χ0n) is 47.7. The Morgan fingerprint density at radius 2 is 0.537 bits per heavy atom. The fourth-order valence-corrected chi connectivity index (χ4v) is 8.15. The van der Waals surface area contributed by atoms with Crippen molar-refractivity contribution in [3.8, 4) is 28.7 Å². The Labute approximate surface area is 516 Å². The molecule has 0 fully saturated rings. The minimum absolute atomic E-state index is 0.0172. The Morgan fingerprint density at radius 3 is 0.884 bits per heavy atom. The highest BCUT2D eigenvalue weighted by molar-refractivity contribution is 5.94. The predicted molar refractivity (Wildman–Crippen MR) is 268 cm³/mol. The van der Waals surface area contributed by atoms with Crippen LogP contribution in [-0.4, -0.2) is 115 Å². The van der Waals surface area contributed by atoms with Gasteiger partial charge in [0.25, 0.3) is 0 Å². The van der Waals surface area contributed by atoms with Crippen molar-refractivity contribution in [3.05, 3.63) is 114 Å². The maximum atomic E-state index is 14.2. The lowest BCUT2D eigenvalue weighted by molar-refractivity contribution is -0.452. The van der Waals surface area contributed by atoms with Crippen molar-refractivity contribution in [2.75, 3.05) is 13.2 Å². The Bertz CT molecular complexity index is 3170. The zero-order chi connectivity index (χ0) is 72.5. The summed E-state index contributed by atoms with van der Waals surface area (Å²) in [5, 5.41) is 0. The molecule has 0 bridgehead atoms. The molecule has 0 heterocycles. The second-order valence-electron chi connectivity index (χ2n) is 20.8. The van der Waals surface area contributed by atoms with Gasteiger partial charge in [-0.15, -0.1) is 0 Å². The lowest BCUT2D eigenvalue weighted by Gasteiger charge is -2.41. The highest BCUT2D eigenvalue weighted by atomic mass is 19.4. The van der Waals surface area contributed by atoms with E-state index in [9.17, 15) is 146 Å². The number of hydrogen-bond acceptors (Lipinski definition) is 8. The van der Waals surface area contributed by atoms with Gasteiger partial charge in [0, 0.05) is 18.9 Å². The second-order valence-corrected chi connectivity index (χ2v) is 20.8. The molecule has 4 rings (SSSR count). The molecule has 0 saturated carbocycles. The maximum absolute atomic E-state index is 14.2. The van der Waals surface area contributed by atoms with Crippen LogP contribution >= 0.6 is 0 Å². The molecule has 0 unspecified atom stereocenters. The van der Waals surface area contributed by atoms with E-state index < -0.39 is 146 Å². The van der Waals surface area contributed by atoms with Crippen LogP contribution in [0.25, 0.3) is 0 Å². The number of halogens is 30. The second kappa shape index (κ2) is 29.6. The molecule has 0 atom stereocenters. The SMILES string of the molecule is O=C(Oc1ccc(OC(=O)c2ccc(OCCCCCCCCC(F)(F)C(F)(F)C(F)(F)C(F)(F)C(F)(F)C(F)(F)C(F)(F)F)cc2)c(OC(=O)c2ccccc2)c1)c1ccc(OCCCCCCCCC(F)(F)C(F)(F)C(F)(F)C(F)(F)C(F)(F)C(F)(F)C(F)(F)F)cc1. The highest BCUT2D eigenvalue weighted by Gasteiger charge is 2.94. The van der Waals surface area contributed by atoms with Crippen LogP contribution in [0.3, 0.4) is 0 Å². The molecular weight excluding hydrogens is 1380 g/mol. The quantitative estimate of drug-likeness (QED) is 0.0192. The minimum Gasteiger partial charge on any atom is -0.494 e. The molecule has 4 aromatic carbocycles. The summed E-state index contributed by atoms with van der Waals surface area (Å²) < 4.78 is 431. The van der Waals surface area contributed by atoms with Gasteiger partial charge in [-0.2, -0.15) is 132 Å². The van der Waals surface area contributed by atoms with E-state index >= 15 is 0 Å². The summed E-state index contributed by atoms with van der Waals surface area (Å²) in [4.78, 5) is 39.5. The number of hydrogen-bond donors (Lipinski definition) is 0. The van der Waals surface area contributed by atoms with Crippen LogP contribution in [0.1, 0.15) is 121 Å². The van der Waals surface area contributed by atoms with E-state index in [0.717, 1.165) is 18.2 Å². The molecular formula is C57H48F30O8. The first-order chi connectivity index (χ1) is 43.3. The first kappa shape index (κ1) is 80.2. The van der Waals surface area contributed by atoms with Crippen molar-refractivity contribution in [2.45, 2.75) is 173 Å². The predicted octanol–water partition coefficient (Wildman–Crippen LogP) is 20.3. The normalized spacial score (nSPS) is 14.0. The van der Waals surface area contributed by atoms with Gasteiger partial charge in [0.2, 0.25) is 0 Å². The van der Waals surface area contributed by atoms with Gasteiger partial charge in [0.05, 0.1) is 29.9 Å². The summed E-state index contributed by atoms with van der Waals surface area (Å²) >= 11 is 0. The van der Waals surface area contributed by atoms with Crippen molar-refractivity contribution in [1.82, 2.24) is 0 Å². The lowest BCUT2D eigenvalue weighted by Crippen LogP contribution is -2.72. The van der Waals surface area contributed by atoms with Gasteiger partial charge in [-0.3, -0.25) is 0 Å². The summed E-state index contributed by atoms with van der Waals surface area (Å²) in [6.45, 7) is -0.119. The fourth-order valence-electron chi connectivity index (χ4n) is 8.15. The van der Waals surface area contributed by atoms with Crippen LogP contribution in [-0.2, 0) is 0 Å². The maximum Gasteiger partial charge on any atom is 0.460 e. The van der Waals surface area contributed by atoms with Gasteiger partial charge < -0.3 is 23.7 Å². The van der Waals surface area contributed by atoms with E-state index in [1.807, 2.05) is 0 Å². The molecule has 534 valence electrons. The molecule has 0 amide bonds. The van der Waals surface area contributed by atoms with Gasteiger partial charge in [-0.05, 0) is 98.5 Å². The van der Waals surface area contributed by atoms with E-state index in [0.29, 0.717) is 0 Å². The van der Waals surface area contributed by atoms with E-state index in [2.05, 4.69) is 0 Å². The summed E-state index contributed by atoms with van der Waals surface area (Å²) in [5.74, 6) is -97.3. The third-order valence-corrected chi connectivity index (χ3v) is 13.8. The number of rotatable bonds is 36. The van der Waals surface area contributed by atoms with Crippen molar-refractivity contribution < 1.29 is 170 Å². The largest absolute Gasteiger partial charge is 0.494 e. The number of ether oxygens (including phenoxy) is 5. The summed E-state index contributed by atoms with van der Waals surface area (Å²) in [6.07, 6.45) is -22.8. The van der Waals surface area contributed by atoms with Gasteiger partial charge in [-0.1, -0.05) is 69.6 Å². The monoisotopic (exact) mass is 1430 g/mol. The molecule has 38 heteroatoms. The molecule has 95 heavy (non-hydrogen) atoms. The Balaban J connectivity index is 1.24. The average Bonchev–Trinajstić information content (AvgIpc) is 0.710. The van der Waals surface area contributed by atoms with Crippen molar-refractivity contribution in [1.29, 1.82) is 0 Å². The van der Waals surface area contributed by atoms with Crippen LogP contribution in [0.2, 0.25) is 0 Å². The molecule has 0 spiro atoms. The topological polar surface area (TPSA) is 97.4 Å². The molecule has 0 aliphatic heterocycles. The first-order valence-corrected chi connectivity index (χ1v) is 27.2. The Morgan fingerprint density at radius 1 is 0.263 bits per heavy atom. The summed E-state index contributed by atoms with van der Waals surface area (Å²) in [5.41, 5.74) is -0.195. The molecule has 4 aromatic rings. The molecule has 8 nitrogen and oxygen atoms in total. The number of unbranched alkanes of at least 4 members (excludes halogenated alkanes) is 10. The molecule has 0 aliphatic carbocycles. The molecule has 0 aliphatic rings. The smallest absolute Gasteiger partial charge is 0.460 e. The van der Waals surface area contributed by atoms with Crippen LogP contribution in [0.15, 0.2) is 97.1 Å². The third-order valence-electron chi connectivity index (χ3n) is 13.8. The molecule has 0 radical (unpaired) electrons. The van der Waals surface area contributed by atoms with E-state index in [4.69, 9.17) is 23.7 Å². The summed E-state index contributed by atoms with van der Waals surface area (Å²) in [7, 11) is 0.